The summed E-state index contributed by atoms with van der Waals surface area (Å²) in [6.07, 6.45) is 12.5. The maximum atomic E-state index is 6.19. The number of hydrogen-bond acceptors (Lipinski definition) is 2. The molecule has 2 N–H and O–H groups in total. The van der Waals surface area contributed by atoms with Gasteiger partial charge in [0.05, 0.1) is 0 Å². The molecule has 19 heavy (non-hydrogen) atoms. The molecule has 2 rings (SSSR count). The Hall–Kier alpha value is -0.0800. The quantitative estimate of drug-likeness (QED) is 0.820. The smallest absolute Gasteiger partial charge is 0.00954 e. The predicted octanol–water partition coefficient (Wildman–Crippen LogP) is 3.80. The second kappa shape index (κ2) is 7.08. The van der Waals surface area contributed by atoms with Crippen LogP contribution in [0.25, 0.3) is 0 Å². The Morgan fingerprint density at radius 3 is 2.53 bits per heavy atom. The van der Waals surface area contributed by atoms with Crippen molar-refractivity contribution in [2.45, 2.75) is 77.7 Å². The van der Waals surface area contributed by atoms with Gasteiger partial charge in [-0.15, -0.1) is 0 Å². The molecular weight excluding hydrogens is 232 g/mol. The minimum Gasteiger partial charge on any atom is -0.330 e. The van der Waals surface area contributed by atoms with E-state index in [1.807, 2.05) is 0 Å². The van der Waals surface area contributed by atoms with Crippen molar-refractivity contribution in [1.29, 1.82) is 0 Å². The highest BCUT2D eigenvalue weighted by molar-refractivity contribution is 4.91. The van der Waals surface area contributed by atoms with E-state index in [0.717, 1.165) is 18.5 Å². The molecule has 0 aromatic carbocycles. The van der Waals surface area contributed by atoms with Gasteiger partial charge in [-0.25, -0.2) is 0 Å². The van der Waals surface area contributed by atoms with Gasteiger partial charge in [-0.05, 0) is 56.5 Å². The Kier molecular flexibility index (Phi) is 5.70. The van der Waals surface area contributed by atoms with Crippen LogP contribution in [-0.2, 0) is 0 Å². The molecule has 0 spiro atoms. The summed E-state index contributed by atoms with van der Waals surface area (Å²) in [5.41, 5.74) is 6.63. The topological polar surface area (TPSA) is 29.3 Å². The van der Waals surface area contributed by atoms with Gasteiger partial charge in [-0.3, -0.25) is 4.90 Å². The molecule has 1 aliphatic heterocycles. The van der Waals surface area contributed by atoms with Crippen LogP contribution in [0, 0.1) is 11.3 Å². The van der Waals surface area contributed by atoms with Crippen molar-refractivity contribution in [3.05, 3.63) is 0 Å². The van der Waals surface area contributed by atoms with Crippen LogP contribution in [0.15, 0.2) is 0 Å². The fraction of sp³-hybridized carbons (Fsp3) is 1.00. The van der Waals surface area contributed by atoms with Crippen molar-refractivity contribution in [1.82, 2.24) is 4.90 Å². The van der Waals surface area contributed by atoms with E-state index in [4.69, 9.17) is 5.73 Å². The van der Waals surface area contributed by atoms with E-state index in [-0.39, 0.29) is 0 Å². The van der Waals surface area contributed by atoms with E-state index in [1.54, 1.807) is 0 Å². The Labute approximate surface area is 120 Å². The van der Waals surface area contributed by atoms with E-state index in [1.165, 1.54) is 70.9 Å². The highest BCUT2D eigenvalue weighted by Crippen LogP contribution is 2.40. The average molecular weight is 266 g/mol. The summed E-state index contributed by atoms with van der Waals surface area (Å²) in [5.74, 6) is 0.924. The Bertz CT molecular complexity index is 254. The van der Waals surface area contributed by atoms with Crippen molar-refractivity contribution in [3.8, 4) is 0 Å². The number of hydrogen-bond donors (Lipinski definition) is 1. The lowest BCUT2D eigenvalue weighted by atomic mass is 9.70. The molecule has 1 saturated heterocycles. The van der Waals surface area contributed by atoms with E-state index in [9.17, 15) is 0 Å². The molecule has 2 heteroatoms. The zero-order valence-electron chi connectivity index (χ0n) is 13.2. The minimum absolute atomic E-state index is 0.440. The molecule has 0 amide bonds. The first kappa shape index (κ1) is 15.3. The summed E-state index contributed by atoms with van der Waals surface area (Å²) in [6, 6.07) is 0.849. The van der Waals surface area contributed by atoms with E-state index in [0.29, 0.717) is 5.41 Å². The minimum atomic E-state index is 0.440. The van der Waals surface area contributed by atoms with Gasteiger partial charge in [0.2, 0.25) is 0 Å². The van der Waals surface area contributed by atoms with Gasteiger partial charge in [0, 0.05) is 12.6 Å². The molecule has 1 saturated carbocycles. The van der Waals surface area contributed by atoms with Crippen LogP contribution in [0.5, 0.6) is 0 Å². The van der Waals surface area contributed by atoms with Gasteiger partial charge in [0.1, 0.15) is 0 Å². The van der Waals surface area contributed by atoms with E-state index in [2.05, 4.69) is 18.7 Å². The molecule has 2 nitrogen and oxygen atoms in total. The zero-order valence-corrected chi connectivity index (χ0v) is 13.2. The third-order valence-electron chi connectivity index (χ3n) is 5.68. The molecule has 112 valence electrons. The molecule has 1 atom stereocenters. The lowest BCUT2D eigenvalue weighted by molar-refractivity contribution is 0.0480. The Balaban J connectivity index is 1.95. The molecule has 2 fully saturated rings. The molecule has 1 unspecified atom stereocenters. The average Bonchev–Trinajstić information content (AvgIpc) is 2.44. The largest absolute Gasteiger partial charge is 0.330 e. The third-order valence-corrected chi connectivity index (χ3v) is 5.68. The van der Waals surface area contributed by atoms with Gasteiger partial charge in [-0.2, -0.15) is 0 Å². The number of nitrogens with zero attached hydrogens (tertiary/aromatic N) is 1. The van der Waals surface area contributed by atoms with Crippen molar-refractivity contribution in [3.63, 3.8) is 0 Å². The van der Waals surface area contributed by atoms with Crippen molar-refractivity contribution < 1.29 is 0 Å². The van der Waals surface area contributed by atoms with Crippen LogP contribution in [0.4, 0.5) is 0 Å². The second-order valence-corrected chi connectivity index (χ2v) is 7.30. The third kappa shape index (κ3) is 3.95. The standard InChI is InChI=1S/C17H34N2/c1-3-6-16-7-4-5-12-19(16)14-17(13-18)10-8-15(2)9-11-17/h15-16H,3-14,18H2,1-2H3. The van der Waals surface area contributed by atoms with Gasteiger partial charge in [-0.1, -0.05) is 39.5 Å². The maximum Gasteiger partial charge on any atom is 0.00954 e. The molecule has 0 bridgehead atoms. The van der Waals surface area contributed by atoms with E-state index < -0.39 is 0 Å². The van der Waals surface area contributed by atoms with Crippen LogP contribution in [0.2, 0.25) is 0 Å². The summed E-state index contributed by atoms with van der Waals surface area (Å²) in [6.45, 7) is 8.23. The van der Waals surface area contributed by atoms with Crippen LogP contribution >= 0.6 is 0 Å². The molecule has 0 aromatic heterocycles. The first-order valence-corrected chi connectivity index (χ1v) is 8.63. The summed E-state index contributed by atoms with van der Waals surface area (Å²) in [4.78, 5) is 2.80. The van der Waals surface area contributed by atoms with Crippen LogP contribution in [0.1, 0.15) is 71.6 Å². The highest BCUT2D eigenvalue weighted by atomic mass is 15.2. The molecule has 1 heterocycles. The summed E-state index contributed by atoms with van der Waals surface area (Å²) < 4.78 is 0. The summed E-state index contributed by atoms with van der Waals surface area (Å²) in [7, 11) is 0. The number of nitrogens with two attached hydrogens (primary N) is 1. The van der Waals surface area contributed by atoms with Gasteiger partial charge in [0.25, 0.3) is 0 Å². The monoisotopic (exact) mass is 266 g/mol. The fourth-order valence-corrected chi connectivity index (χ4v) is 4.16. The van der Waals surface area contributed by atoms with Crippen LogP contribution in [-0.4, -0.2) is 30.6 Å². The van der Waals surface area contributed by atoms with Crippen molar-refractivity contribution in [2.24, 2.45) is 17.1 Å². The van der Waals surface area contributed by atoms with Crippen molar-refractivity contribution in [2.75, 3.05) is 19.6 Å². The Morgan fingerprint density at radius 2 is 1.89 bits per heavy atom. The maximum absolute atomic E-state index is 6.19. The molecule has 0 aromatic rings. The number of rotatable bonds is 5. The van der Waals surface area contributed by atoms with Crippen molar-refractivity contribution >= 4 is 0 Å². The lowest BCUT2D eigenvalue weighted by Crippen LogP contribution is -2.49. The van der Waals surface area contributed by atoms with Crippen LogP contribution in [0.3, 0.4) is 0 Å². The molecular formula is C17H34N2. The highest BCUT2D eigenvalue weighted by Gasteiger charge is 2.36. The normalized spacial score (nSPS) is 37.4. The van der Waals surface area contributed by atoms with Crippen LogP contribution < -0.4 is 5.73 Å². The number of likely N-dealkylation sites (tertiary alicyclic amines) is 1. The molecule has 0 radical (unpaired) electrons. The lowest BCUT2D eigenvalue weighted by Gasteiger charge is -2.46. The molecule has 1 aliphatic carbocycles. The Morgan fingerprint density at radius 1 is 1.16 bits per heavy atom. The first-order chi connectivity index (χ1) is 9.19. The summed E-state index contributed by atoms with van der Waals surface area (Å²) >= 11 is 0. The fourth-order valence-electron chi connectivity index (χ4n) is 4.16. The molecule has 2 aliphatic rings. The first-order valence-electron chi connectivity index (χ1n) is 8.63. The van der Waals surface area contributed by atoms with Gasteiger partial charge >= 0.3 is 0 Å². The van der Waals surface area contributed by atoms with E-state index >= 15 is 0 Å². The predicted molar refractivity (Wildman–Crippen MR) is 83.2 cm³/mol. The summed E-state index contributed by atoms with van der Waals surface area (Å²) in [5, 5.41) is 0. The second-order valence-electron chi connectivity index (χ2n) is 7.30. The van der Waals surface area contributed by atoms with Gasteiger partial charge in [0.15, 0.2) is 0 Å². The zero-order chi connectivity index (χ0) is 13.7. The van der Waals surface area contributed by atoms with Gasteiger partial charge < -0.3 is 5.73 Å². The SMILES string of the molecule is CCCC1CCCCN1CC1(CN)CCC(C)CC1. The number of piperidine rings is 1.